The molecule has 1 aromatic carbocycles. The van der Waals surface area contributed by atoms with Crippen LogP contribution in [-0.4, -0.2) is 28.0 Å². The van der Waals surface area contributed by atoms with E-state index >= 15 is 0 Å². The zero-order valence-electron chi connectivity index (χ0n) is 11.2. The average Bonchev–Trinajstić information content (AvgIpc) is 2.64. The van der Waals surface area contributed by atoms with Gasteiger partial charge in [0.1, 0.15) is 5.69 Å². The van der Waals surface area contributed by atoms with Crippen LogP contribution in [0.4, 0.5) is 0 Å². The van der Waals surface area contributed by atoms with Crippen LogP contribution < -0.4 is 4.74 Å². The van der Waals surface area contributed by atoms with Crippen LogP contribution in [0, 0.1) is 13.8 Å². The number of benzene rings is 1. The highest BCUT2D eigenvalue weighted by Gasteiger charge is 2.12. The lowest BCUT2D eigenvalue weighted by atomic mass is 10.1. The second-order valence-corrected chi connectivity index (χ2v) is 4.37. The molecule has 0 radical (unpaired) electrons. The van der Waals surface area contributed by atoms with Crippen LogP contribution >= 0.6 is 0 Å². The van der Waals surface area contributed by atoms with E-state index in [0.29, 0.717) is 6.54 Å². The highest BCUT2D eigenvalue weighted by molar-refractivity contribution is 5.87. The van der Waals surface area contributed by atoms with Crippen LogP contribution in [0.5, 0.6) is 5.75 Å². The van der Waals surface area contributed by atoms with Crippen LogP contribution in [0.2, 0.25) is 0 Å². The Labute approximate surface area is 111 Å². The molecule has 0 spiro atoms. The maximum absolute atomic E-state index is 10.9. The summed E-state index contributed by atoms with van der Waals surface area (Å²) >= 11 is 0. The number of aromatic nitrogens is 2. The summed E-state index contributed by atoms with van der Waals surface area (Å²) in [4.78, 5) is 10.9. The van der Waals surface area contributed by atoms with Crippen LogP contribution in [-0.2, 0) is 6.54 Å². The van der Waals surface area contributed by atoms with Gasteiger partial charge >= 0.3 is 5.97 Å². The van der Waals surface area contributed by atoms with Crippen molar-refractivity contribution in [2.24, 2.45) is 0 Å². The molecule has 0 unspecified atom stereocenters. The number of nitrogens with zero attached hydrogens (tertiary/aromatic N) is 2. The fraction of sp³-hybridized carbons (Fsp3) is 0.286. The van der Waals surface area contributed by atoms with Gasteiger partial charge in [0.05, 0.1) is 24.9 Å². The van der Waals surface area contributed by atoms with Gasteiger partial charge in [0.2, 0.25) is 0 Å². The summed E-state index contributed by atoms with van der Waals surface area (Å²) < 4.78 is 7.09. The topological polar surface area (TPSA) is 64.4 Å². The monoisotopic (exact) mass is 260 g/mol. The SMILES string of the molecule is COc1c(C)nn(Cc2cccc(C(=O)O)c2)c1C. The molecule has 100 valence electrons. The smallest absolute Gasteiger partial charge is 0.335 e. The Balaban J connectivity index is 2.31. The van der Waals surface area contributed by atoms with Gasteiger partial charge in [0.25, 0.3) is 0 Å². The van der Waals surface area contributed by atoms with Crippen molar-refractivity contribution in [1.82, 2.24) is 9.78 Å². The molecule has 0 saturated heterocycles. The lowest BCUT2D eigenvalue weighted by Crippen LogP contribution is -2.05. The van der Waals surface area contributed by atoms with Gasteiger partial charge in [0.15, 0.2) is 5.75 Å². The summed E-state index contributed by atoms with van der Waals surface area (Å²) in [7, 11) is 1.62. The normalized spacial score (nSPS) is 10.5. The van der Waals surface area contributed by atoms with Crippen molar-refractivity contribution < 1.29 is 14.6 Å². The summed E-state index contributed by atoms with van der Waals surface area (Å²) in [6.07, 6.45) is 0. The Hall–Kier alpha value is -2.30. The first-order valence-electron chi connectivity index (χ1n) is 5.93. The number of ether oxygens (including phenoxy) is 1. The second kappa shape index (κ2) is 5.14. The Bertz CT molecular complexity index is 617. The number of hydrogen-bond acceptors (Lipinski definition) is 3. The molecule has 0 aliphatic rings. The molecular formula is C14H16N2O3. The minimum absolute atomic E-state index is 0.283. The third-order valence-corrected chi connectivity index (χ3v) is 3.03. The largest absolute Gasteiger partial charge is 0.493 e. The number of aromatic carboxylic acids is 1. The molecule has 0 bridgehead atoms. The molecule has 0 fully saturated rings. The van der Waals surface area contributed by atoms with Crippen LogP contribution in [0.3, 0.4) is 0 Å². The summed E-state index contributed by atoms with van der Waals surface area (Å²) in [6.45, 7) is 4.34. The molecule has 2 aromatic rings. The van der Waals surface area contributed by atoms with E-state index < -0.39 is 5.97 Å². The minimum atomic E-state index is -0.923. The molecule has 1 aromatic heterocycles. The molecule has 0 atom stereocenters. The Morgan fingerprint density at radius 1 is 1.42 bits per heavy atom. The molecular weight excluding hydrogens is 244 g/mol. The molecule has 19 heavy (non-hydrogen) atoms. The predicted molar refractivity (Wildman–Crippen MR) is 70.8 cm³/mol. The second-order valence-electron chi connectivity index (χ2n) is 4.37. The third-order valence-electron chi connectivity index (χ3n) is 3.03. The van der Waals surface area contributed by atoms with E-state index in [9.17, 15) is 4.79 Å². The number of carboxylic acids is 1. The van der Waals surface area contributed by atoms with Crippen molar-refractivity contribution in [3.05, 3.63) is 46.8 Å². The van der Waals surface area contributed by atoms with Crippen molar-refractivity contribution in [1.29, 1.82) is 0 Å². The molecule has 0 amide bonds. The van der Waals surface area contributed by atoms with Gasteiger partial charge in [-0.25, -0.2) is 4.79 Å². The number of rotatable bonds is 4. The highest BCUT2D eigenvalue weighted by Crippen LogP contribution is 2.22. The van der Waals surface area contributed by atoms with Crippen LogP contribution in [0.15, 0.2) is 24.3 Å². The van der Waals surface area contributed by atoms with Gasteiger partial charge in [-0.3, -0.25) is 4.68 Å². The maximum atomic E-state index is 10.9. The van der Waals surface area contributed by atoms with Gasteiger partial charge in [-0.15, -0.1) is 0 Å². The minimum Gasteiger partial charge on any atom is -0.493 e. The molecule has 2 rings (SSSR count). The number of methoxy groups -OCH3 is 1. The van der Waals surface area contributed by atoms with Crippen molar-refractivity contribution in [3.8, 4) is 5.75 Å². The first-order valence-corrected chi connectivity index (χ1v) is 5.93. The Kier molecular flexibility index (Phi) is 3.55. The van der Waals surface area contributed by atoms with Crippen molar-refractivity contribution in [3.63, 3.8) is 0 Å². The van der Waals surface area contributed by atoms with Gasteiger partial charge in [-0.05, 0) is 31.5 Å². The quantitative estimate of drug-likeness (QED) is 0.915. The van der Waals surface area contributed by atoms with Gasteiger partial charge in [-0.2, -0.15) is 5.10 Å². The zero-order chi connectivity index (χ0) is 14.0. The van der Waals surface area contributed by atoms with Crippen LogP contribution in [0.1, 0.15) is 27.3 Å². The summed E-state index contributed by atoms with van der Waals surface area (Å²) in [5.41, 5.74) is 2.94. The average molecular weight is 260 g/mol. The van der Waals surface area contributed by atoms with Gasteiger partial charge in [0, 0.05) is 0 Å². The van der Waals surface area contributed by atoms with Gasteiger partial charge in [-0.1, -0.05) is 12.1 Å². The van der Waals surface area contributed by atoms with Crippen LogP contribution in [0.25, 0.3) is 0 Å². The van der Waals surface area contributed by atoms with E-state index in [1.807, 2.05) is 24.6 Å². The first kappa shape index (κ1) is 13.1. The van der Waals surface area contributed by atoms with Crippen molar-refractivity contribution in [2.45, 2.75) is 20.4 Å². The van der Waals surface area contributed by atoms with E-state index in [1.165, 1.54) is 0 Å². The predicted octanol–water partition coefficient (Wildman–Crippen LogP) is 2.26. The van der Waals surface area contributed by atoms with E-state index in [0.717, 1.165) is 22.7 Å². The van der Waals surface area contributed by atoms with E-state index in [-0.39, 0.29) is 5.56 Å². The Morgan fingerprint density at radius 2 is 2.16 bits per heavy atom. The number of aryl methyl sites for hydroxylation is 1. The molecule has 0 aliphatic heterocycles. The van der Waals surface area contributed by atoms with E-state index in [4.69, 9.17) is 9.84 Å². The molecule has 0 aliphatic carbocycles. The lowest BCUT2D eigenvalue weighted by molar-refractivity contribution is 0.0696. The van der Waals surface area contributed by atoms with E-state index in [1.54, 1.807) is 25.3 Å². The van der Waals surface area contributed by atoms with Crippen molar-refractivity contribution >= 4 is 5.97 Å². The number of carboxylic acid groups (broad SMARTS) is 1. The third kappa shape index (κ3) is 2.59. The standard InChI is InChI=1S/C14H16N2O3/c1-9-13(19-3)10(2)16(15-9)8-11-5-4-6-12(7-11)14(17)18/h4-7H,8H2,1-3H3,(H,17,18). The van der Waals surface area contributed by atoms with Gasteiger partial charge < -0.3 is 9.84 Å². The molecule has 0 saturated carbocycles. The summed E-state index contributed by atoms with van der Waals surface area (Å²) in [5, 5.41) is 13.4. The van der Waals surface area contributed by atoms with E-state index in [2.05, 4.69) is 5.10 Å². The zero-order valence-corrected chi connectivity index (χ0v) is 11.2. The molecule has 1 heterocycles. The molecule has 1 N–H and O–H groups in total. The lowest BCUT2D eigenvalue weighted by Gasteiger charge is -2.06. The molecule has 5 nitrogen and oxygen atoms in total. The number of carbonyl (C=O) groups is 1. The van der Waals surface area contributed by atoms with Crippen molar-refractivity contribution in [2.75, 3.05) is 7.11 Å². The first-order chi connectivity index (χ1) is 9.02. The summed E-state index contributed by atoms with van der Waals surface area (Å²) in [6, 6.07) is 6.86. The number of hydrogen-bond donors (Lipinski definition) is 1. The fourth-order valence-corrected chi connectivity index (χ4v) is 2.11. The summed E-state index contributed by atoms with van der Waals surface area (Å²) in [5.74, 6) is -0.151. The maximum Gasteiger partial charge on any atom is 0.335 e. The fourth-order valence-electron chi connectivity index (χ4n) is 2.11. The highest BCUT2D eigenvalue weighted by atomic mass is 16.5. The Morgan fingerprint density at radius 3 is 2.74 bits per heavy atom. The molecule has 5 heteroatoms.